The smallest absolute Gasteiger partial charge is 0.124 e. The van der Waals surface area contributed by atoms with E-state index in [9.17, 15) is 9.50 Å². The largest absolute Gasteiger partial charge is 0.388 e. The third kappa shape index (κ3) is 1.92. The second kappa shape index (κ2) is 3.39. The van der Waals surface area contributed by atoms with Crippen molar-refractivity contribution in [1.82, 2.24) is 0 Å². The van der Waals surface area contributed by atoms with Gasteiger partial charge < -0.3 is 5.11 Å². The second-order valence-corrected chi connectivity index (χ2v) is 4.30. The fraction of sp³-hybridized carbons (Fsp3) is 0.400. The Bertz CT molecular complexity index is 323. The van der Waals surface area contributed by atoms with E-state index in [0.29, 0.717) is 10.4 Å². The van der Waals surface area contributed by atoms with Gasteiger partial charge in [0.25, 0.3) is 0 Å². The van der Waals surface area contributed by atoms with Crippen molar-refractivity contribution in [3.05, 3.63) is 34.1 Å². The molecule has 1 nitrogen and oxygen atoms in total. The van der Waals surface area contributed by atoms with Gasteiger partial charge in [0, 0.05) is 4.47 Å². The predicted molar refractivity (Wildman–Crippen MR) is 51.8 cm³/mol. The molecule has 0 bridgehead atoms. The summed E-state index contributed by atoms with van der Waals surface area (Å²) in [4.78, 5) is 0. The zero-order chi connectivity index (χ0) is 9.42. The Labute approximate surface area is 84.7 Å². The van der Waals surface area contributed by atoms with Gasteiger partial charge in [0.05, 0.1) is 6.10 Å². The number of rotatable bonds is 2. The zero-order valence-corrected chi connectivity index (χ0v) is 8.59. The predicted octanol–water partition coefficient (Wildman–Crippen LogP) is 3.03. The van der Waals surface area contributed by atoms with Gasteiger partial charge in [0.1, 0.15) is 5.82 Å². The fourth-order valence-corrected chi connectivity index (χ4v) is 1.99. The molecule has 1 aromatic rings. The van der Waals surface area contributed by atoms with E-state index in [1.807, 2.05) is 0 Å². The minimum atomic E-state index is -0.435. The van der Waals surface area contributed by atoms with Gasteiger partial charge in [-0.25, -0.2) is 4.39 Å². The maximum absolute atomic E-state index is 12.7. The number of hydrogen-bond acceptors (Lipinski definition) is 1. The molecule has 1 aliphatic rings. The van der Waals surface area contributed by atoms with E-state index in [0.717, 1.165) is 18.4 Å². The Hall–Kier alpha value is -0.410. The summed E-state index contributed by atoms with van der Waals surface area (Å²) in [6.07, 6.45) is 1.71. The van der Waals surface area contributed by atoms with Gasteiger partial charge in [-0.15, -0.1) is 0 Å². The fourth-order valence-electron chi connectivity index (χ4n) is 1.41. The van der Waals surface area contributed by atoms with Crippen LogP contribution in [0, 0.1) is 11.7 Å². The Morgan fingerprint density at radius 2 is 2.15 bits per heavy atom. The van der Waals surface area contributed by atoms with Crippen molar-refractivity contribution in [3.63, 3.8) is 0 Å². The highest BCUT2D eigenvalue weighted by molar-refractivity contribution is 9.10. The summed E-state index contributed by atoms with van der Waals surface area (Å²) in [5.41, 5.74) is 0.795. The van der Waals surface area contributed by atoms with E-state index >= 15 is 0 Å². The third-order valence-electron chi connectivity index (χ3n) is 2.35. The molecular formula is C10H10BrFO. The van der Waals surface area contributed by atoms with Gasteiger partial charge in [-0.1, -0.05) is 22.0 Å². The Kier molecular flexibility index (Phi) is 2.39. The maximum Gasteiger partial charge on any atom is 0.124 e. The number of aliphatic hydroxyl groups is 1. The van der Waals surface area contributed by atoms with Crippen molar-refractivity contribution in [2.45, 2.75) is 18.9 Å². The van der Waals surface area contributed by atoms with E-state index in [2.05, 4.69) is 15.9 Å². The van der Waals surface area contributed by atoms with Gasteiger partial charge in [-0.3, -0.25) is 0 Å². The summed E-state index contributed by atoms with van der Waals surface area (Å²) in [5, 5.41) is 9.78. The van der Waals surface area contributed by atoms with Crippen LogP contribution >= 0.6 is 15.9 Å². The van der Waals surface area contributed by atoms with Crippen LogP contribution in [0.2, 0.25) is 0 Å². The molecule has 1 aromatic carbocycles. The number of benzene rings is 1. The highest BCUT2D eigenvalue weighted by Crippen LogP contribution is 2.42. The van der Waals surface area contributed by atoms with Crippen LogP contribution in [-0.2, 0) is 0 Å². The molecule has 0 heterocycles. The monoisotopic (exact) mass is 244 g/mol. The lowest BCUT2D eigenvalue weighted by Crippen LogP contribution is -2.00. The van der Waals surface area contributed by atoms with E-state index in [1.54, 1.807) is 6.07 Å². The third-order valence-corrected chi connectivity index (χ3v) is 3.04. The molecule has 1 unspecified atom stereocenters. The van der Waals surface area contributed by atoms with Crippen LogP contribution < -0.4 is 0 Å². The van der Waals surface area contributed by atoms with Crippen molar-refractivity contribution in [2.24, 2.45) is 5.92 Å². The van der Waals surface area contributed by atoms with Crippen LogP contribution in [0.1, 0.15) is 24.5 Å². The van der Waals surface area contributed by atoms with Crippen LogP contribution in [0.15, 0.2) is 22.7 Å². The van der Waals surface area contributed by atoms with Crippen LogP contribution in [0.4, 0.5) is 4.39 Å². The minimum absolute atomic E-state index is 0.279. The van der Waals surface area contributed by atoms with Gasteiger partial charge in [-0.2, -0.15) is 0 Å². The first kappa shape index (κ1) is 9.16. The summed E-state index contributed by atoms with van der Waals surface area (Å²) in [7, 11) is 0. The van der Waals surface area contributed by atoms with E-state index < -0.39 is 6.10 Å². The van der Waals surface area contributed by atoms with Crippen molar-refractivity contribution in [2.75, 3.05) is 0 Å². The average Bonchev–Trinajstić information content (AvgIpc) is 2.85. The molecule has 0 spiro atoms. The number of halogens is 2. The summed E-state index contributed by atoms with van der Waals surface area (Å²) in [6, 6.07) is 4.41. The van der Waals surface area contributed by atoms with E-state index in [-0.39, 0.29) is 5.82 Å². The first-order valence-corrected chi connectivity index (χ1v) is 5.11. The molecule has 0 aliphatic heterocycles. The number of hydrogen-bond donors (Lipinski definition) is 1. The normalized spacial score (nSPS) is 18.7. The molecule has 2 rings (SSSR count). The Balaban J connectivity index is 2.28. The van der Waals surface area contributed by atoms with Gasteiger partial charge in [0.2, 0.25) is 0 Å². The first-order valence-electron chi connectivity index (χ1n) is 4.31. The molecule has 1 N–H and O–H groups in total. The Morgan fingerprint density at radius 1 is 1.46 bits per heavy atom. The molecule has 1 saturated carbocycles. The summed E-state index contributed by atoms with van der Waals surface area (Å²) < 4.78 is 13.4. The van der Waals surface area contributed by atoms with Crippen molar-refractivity contribution in [1.29, 1.82) is 0 Å². The van der Waals surface area contributed by atoms with Gasteiger partial charge in [0.15, 0.2) is 0 Å². The summed E-state index contributed by atoms with van der Waals surface area (Å²) in [6.45, 7) is 0. The van der Waals surface area contributed by atoms with Crippen molar-refractivity contribution < 1.29 is 9.50 Å². The lowest BCUT2D eigenvalue weighted by atomic mass is 10.1. The van der Waals surface area contributed by atoms with Gasteiger partial charge in [-0.05, 0) is 36.5 Å². The molecule has 0 radical (unpaired) electrons. The zero-order valence-electron chi connectivity index (χ0n) is 7.00. The topological polar surface area (TPSA) is 20.2 Å². The molecule has 3 heteroatoms. The molecule has 0 amide bonds. The minimum Gasteiger partial charge on any atom is -0.388 e. The van der Waals surface area contributed by atoms with Crippen molar-refractivity contribution in [3.8, 4) is 0 Å². The molecular weight excluding hydrogens is 235 g/mol. The van der Waals surface area contributed by atoms with Crippen LogP contribution in [0.3, 0.4) is 0 Å². The van der Waals surface area contributed by atoms with Crippen LogP contribution in [-0.4, -0.2) is 5.11 Å². The quantitative estimate of drug-likeness (QED) is 0.849. The summed E-state index contributed by atoms with van der Waals surface area (Å²) in [5.74, 6) is 0.0976. The molecule has 0 aromatic heterocycles. The molecule has 1 fully saturated rings. The highest BCUT2D eigenvalue weighted by atomic mass is 79.9. The molecule has 1 aliphatic carbocycles. The van der Waals surface area contributed by atoms with Crippen molar-refractivity contribution >= 4 is 15.9 Å². The number of aliphatic hydroxyl groups excluding tert-OH is 1. The highest BCUT2D eigenvalue weighted by Gasteiger charge is 2.31. The molecule has 70 valence electrons. The Morgan fingerprint density at radius 3 is 2.69 bits per heavy atom. The maximum atomic E-state index is 12.7. The van der Waals surface area contributed by atoms with E-state index in [4.69, 9.17) is 0 Å². The molecule has 1 atom stereocenters. The first-order chi connectivity index (χ1) is 6.18. The van der Waals surface area contributed by atoms with Crippen LogP contribution in [0.5, 0.6) is 0 Å². The second-order valence-electron chi connectivity index (χ2n) is 3.45. The van der Waals surface area contributed by atoms with E-state index in [1.165, 1.54) is 12.1 Å². The lowest BCUT2D eigenvalue weighted by molar-refractivity contribution is 0.153. The summed E-state index contributed by atoms with van der Waals surface area (Å²) >= 11 is 3.24. The SMILES string of the molecule is OC(c1ccc(F)cc1Br)C1CC1. The molecule has 0 saturated heterocycles. The van der Waals surface area contributed by atoms with Crippen LogP contribution in [0.25, 0.3) is 0 Å². The molecule has 13 heavy (non-hydrogen) atoms. The standard InChI is InChI=1S/C10H10BrFO/c11-9-5-7(12)3-4-8(9)10(13)6-1-2-6/h3-6,10,13H,1-2H2. The van der Waals surface area contributed by atoms with Gasteiger partial charge >= 0.3 is 0 Å². The average molecular weight is 245 g/mol. The lowest BCUT2D eigenvalue weighted by Gasteiger charge is -2.11.